The van der Waals surface area contributed by atoms with Crippen LogP contribution in [0, 0.1) is 11.3 Å². The third-order valence-electron chi connectivity index (χ3n) is 4.00. The van der Waals surface area contributed by atoms with Gasteiger partial charge in [0.05, 0.1) is 6.10 Å². The van der Waals surface area contributed by atoms with Gasteiger partial charge in [-0.1, -0.05) is 20.8 Å². The summed E-state index contributed by atoms with van der Waals surface area (Å²) in [6.07, 6.45) is -2.11. The van der Waals surface area contributed by atoms with Crippen LogP contribution in [0.5, 0.6) is 0 Å². The largest absolute Gasteiger partial charge is 0.389 e. The van der Waals surface area contributed by atoms with Gasteiger partial charge >= 0.3 is 6.18 Å². The molecule has 0 spiro atoms. The maximum Gasteiger partial charge on any atom is 0.389 e. The molecule has 0 saturated heterocycles. The molecule has 1 rings (SSSR count). The van der Waals surface area contributed by atoms with E-state index in [4.69, 9.17) is 10.5 Å². The van der Waals surface area contributed by atoms with Crippen molar-refractivity contribution in [3.05, 3.63) is 0 Å². The fourth-order valence-corrected chi connectivity index (χ4v) is 2.64. The molecule has 114 valence electrons. The number of halogens is 3. The first kappa shape index (κ1) is 16.8. The zero-order chi connectivity index (χ0) is 14.7. The van der Waals surface area contributed by atoms with Crippen molar-refractivity contribution in [2.24, 2.45) is 17.1 Å². The first-order valence-electron chi connectivity index (χ1n) is 7.03. The van der Waals surface area contributed by atoms with Crippen LogP contribution in [0.4, 0.5) is 13.2 Å². The van der Waals surface area contributed by atoms with Crippen LogP contribution in [0.1, 0.15) is 52.9 Å². The van der Waals surface area contributed by atoms with E-state index in [1.54, 1.807) is 0 Å². The molecule has 1 aliphatic carbocycles. The second-order valence-corrected chi connectivity index (χ2v) is 6.67. The molecule has 1 aliphatic rings. The summed E-state index contributed by atoms with van der Waals surface area (Å²) in [5, 5.41) is 0. The fourth-order valence-electron chi connectivity index (χ4n) is 2.64. The summed E-state index contributed by atoms with van der Waals surface area (Å²) in [6.45, 7) is 6.72. The van der Waals surface area contributed by atoms with E-state index in [1.807, 2.05) is 0 Å². The Kier molecular flexibility index (Phi) is 5.68. The van der Waals surface area contributed by atoms with Crippen LogP contribution in [0.15, 0.2) is 0 Å². The molecule has 2 nitrogen and oxygen atoms in total. The maximum atomic E-state index is 12.0. The lowest BCUT2D eigenvalue weighted by Gasteiger charge is -2.40. The third-order valence-corrected chi connectivity index (χ3v) is 4.00. The molecule has 3 unspecified atom stereocenters. The Morgan fingerprint density at radius 1 is 1.16 bits per heavy atom. The smallest absolute Gasteiger partial charge is 0.377 e. The first-order chi connectivity index (χ1) is 8.59. The first-order valence-corrected chi connectivity index (χ1v) is 7.03. The summed E-state index contributed by atoms with van der Waals surface area (Å²) in [7, 11) is 0. The van der Waals surface area contributed by atoms with Crippen LogP contribution in [-0.2, 0) is 4.74 Å². The third kappa shape index (κ3) is 6.13. The molecule has 0 radical (unpaired) electrons. The van der Waals surface area contributed by atoms with Crippen LogP contribution in [0.3, 0.4) is 0 Å². The highest BCUT2D eigenvalue weighted by atomic mass is 19.4. The van der Waals surface area contributed by atoms with Gasteiger partial charge in [0.1, 0.15) is 0 Å². The number of hydrogen-bond acceptors (Lipinski definition) is 2. The molecule has 0 aliphatic heterocycles. The average Bonchev–Trinajstić information content (AvgIpc) is 2.23. The van der Waals surface area contributed by atoms with Crippen LogP contribution < -0.4 is 5.73 Å². The van der Waals surface area contributed by atoms with Crippen molar-refractivity contribution in [2.75, 3.05) is 6.61 Å². The van der Waals surface area contributed by atoms with E-state index in [0.717, 1.165) is 19.3 Å². The van der Waals surface area contributed by atoms with Crippen molar-refractivity contribution in [2.45, 2.75) is 71.2 Å². The molecule has 0 heterocycles. The van der Waals surface area contributed by atoms with Crippen molar-refractivity contribution in [1.82, 2.24) is 0 Å². The van der Waals surface area contributed by atoms with Gasteiger partial charge < -0.3 is 10.5 Å². The van der Waals surface area contributed by atoms with Gasteiger partial charge in [-0.05, 0) is 37.0 Å². The molecule has 1 fully saturated rings. The Hall–Kier alpha value is -0.290. The van der Waals surface area contributed by atoms with Crippen molar-refractivity contribution in [1.29, 1.82) is 0 Å². The molecule has 19 heavy (non-hydrogen) atoms. The lowest BCUT2D eigenvalue weighted by atomic mass is 9.70. The van der Waals surface area contributed by atoms with Crippen molar-refractivity contribution in [3.63, 3.8) is 0 Å². The molecule has 3 atom stereocenters. The van der Waals surface area contributed by atoms with Crippen molar-refractivity contribution in [3.8, 4) is 0 Å². The molecule has 2 N–H and O–H groups in total. The molecule has 5 heteroatoms. The quantitative estimate of drug-likeness (QED) is 0.793. The minimum Gasteiger partial charge on any atom is -0.377 e. The summed E-state index contributed by atoms with van der Waals surface area (Å²) in [5.74, 6) is 0.528. The Morgan fingerprint density at radius 3 is 2.32 bits per heavy atom. The monoisotopic (exact) mass is 281 g/mol. The molecule has 0 aromatic rings. The second-order valence-electron chi connectivity index (χ2n) is 6.67. The van der Waals surface area contributed by atoms with Gasteiger partial charge in [-0.25, -0.2) is 0 Å². The van der Waals surface area contributed by atoms with E-state index >= 15 is 0 Å². The normalized spacial score (nSPS) is 29.5. The molecular weight excluding hydrogens is 255 g/mol. The van der Waals surface area contributed by atoms with Gasteiger partial charge in [-0.2, -0.15) is 13.2 Å². The minimum atomic E-state index is -4.09. The zero-order valence-corrected chi connectivity index (χ0v) is 12.1. The summed E-state index contributed by atoms with van der Waals surface area (Å²) in [6, 6.07) is -0.0375. The number of rotatable bonds is 4. The molecule has 0 aromatic heterocycles. The summed E-state index contributed by atoms with van der Waals surface area (Å²) >= 11 is 0. The lowest BCUT2D eigenvalue weighted by Crippen LogP contribution is -2.44. The average molecular weight is 281 g/mol. The van der Waals surface area contributed by atoms with Crippen LogP contribution in [0.2, 0.25) is 0 Å². The standard InChI is InChI=1S/C14H26F3NO/c1-13(2,3)10-5-6-11(18)12(9-10)19-8-4-7-14(15,16)17/h10-12H,4-9,18H2,1-3H3. The van der Waals surface area contributed by atoms with Crippen LogP contribution >= 0.6 is 0 Å². The van der Waals surface area contributed by atoms with Crippen LogP contribution in [-0.4, -0.2) is 24.9 Å². The zero-order valence-electron chi connectivity index (χ0n) is 12.1. The van der Waals surface area contributed by atoms with E-state index < -0.39 is 12.6 Å². The Balaban J connectivity index is 2.35. The van der Waals surface area contributed by atoms with Crippen LogP contribution in [0.25, 0.3) is 0 Å². The summed E-state index contributed by atoms with van der Waals surface area (Å²) in [4.78, 5) is 0. The van der Waals surface area contributed by atoms with Gasteiger partial charge in [0.25, 0.3) is 0 Å². The highest BCUT2D eigenvalue weighted by molar-refractivity contribution is 4.88. The highest BCUT2D eigenvalue weighted by Gasteiger charge is 2.35. The number of alkyl halides is 3. The number of nitrogens with two attached hydrogens (primary N) is 1. The highest BCUT2D eigenvalue weighted by Crippen LogP contribution is 2.38. The molecule has 0 amide bonds. The Bertz CT molecular complexity index is 273. The van der Waals surface area contributed by atoms with Gasteiger partial charge in [0.15, 0.2) is 0 Å². The van der Waals surface area contributed by atoms with E-state index in [9.17, 15) is 13.2 Å². The Labute approximate surface area is 113 Å². The maximum absolute atomic E-state index is 12.0. The number of ether oxygens (including phenoxy) is 1. The van der Waals surface area contributed by atoms with E-state index in [-0.39, 0.29) is 30.6 Å². The predicted octanol–water partition coefficient (Wildman–Crippen LogP) is 3.89. The molecular formula is C14H26F3NO. The summed E-state index contributed by atoms with van der Waals surface area (Å²) in [5.41, 5.74) is 6.21. The van der Waals surface area contributed by atoms with Crippen molar-refractivity contribution < 1.29 is 17.9 Å². The number of hydrogen-bond donors (Lipinski definition) is 1. The van der Waals surface area contributed by atoms with Gasteiger partial charge in [-0.3, -0.25) is 0 Å². The molecule has 0 bridgehead atoms. The topological polar surface area (TPSA) is 35.2 Å². The van der Waals surface area contributed by atoms with Gasteiger partial charge in [-0.15, -0.1) is 0 Å². The molecule has 0 aromatic carbocycles. The van der Waals surface area contributed by atoms with E-state index in [0.29, 0.717) is 5.92 Å². The SMILES string of the molecule is CC(C)(C)C1CCC(N)C(OCCCC(F)(F)F)C1. The lowest BCUT2D eigenvalue weighted by molar-refractivity contribution is -0.139. The predicted molar refractivity (Wildman–Crippen MR) is 69.8 cm³/mol. The Morgan fingerprint density at radius 2 is 1.79 bits per heavy atom. The van der Waals surface area contributed by atoms with E-state index in [2.05, 4.69) is 20.8 Å². The second kappa shape index (κ2) is 6.44. The van der Waals surface area contributed by atoms with E-state index in [1.165, 1.54) is 0 Å². The molecule has 1 saturated carbocycles. The van der Waals surface area contributed by atoms with Gasteiger partial charge in [0.2, 0.25) is 0 Å². The van der Waals surface area contributed by atoms with Gasteiger partial charge in [0, 0.05) is 19.1 Å². The summed E-state index contributed by atoms with van der Waals surface area (Å²) < 4.78 is 41.7. The fraction of sp³-hybridized carbons (Fsp3) is 1.00. The minimum absolute atomic E-state index is 0.0207. The van der Waals surface area contributed by atoms with Crippen molar-refractivity contribution >= 4 is 0 Å².